The number of rotatable bonds is 3. The predicted octanol–water partition coefficient (Wildman–Crippen LogP) is 3.57. The van der Waals surface area contributed by atoms with Crippen LogP contribution in [0.1, 0.15) is 11.1 Å². The van der Waals surface area contributed by atoms with Crippen molar-refractivity contribution in [2.24, 2.45) is 0 Å². The quantitative estimate of drug-likeness (QED) is 0.619. The molecule has 0 amide bonds. The molecule has 19 heavy (non-hydrogen) atoms. The molecule has 0 aliphatic carbocycles. The normalized spacial score (nSPS) is 9.68. The Kier molecular flexibility index (Phi) is 3.44. The molecule has 94 valence electrons. The van der Waals surface area contributed by atoms with E-state index in [0.717, 1.165) is 0 Å². The van der Waals surface area contributed by atoms with Gasteiger partial charge in [0, 0.05) is 6.07 Å². The van der Waals surface area contributed by atoms with Crippen molar-refractivity contribution >= 4 is 5.69 Å². The highest BCUT2D eigenvalue weighted by molar-refractivity contribution is 5.55. The van der Waals surface area contributed by atoms with Gasteiger partial charge in [-0.25, -0.2) is 0 Å². The van der Waals surface area contributed by atoms with E-state index in [4.69, 9.17) is 10.00 Å². The number of nitro groups is 1. The summed E-state index contributed by atoms with van der Waals surface area (Å²) in [5.41, 5.74) is 0.856. The Morgan fingerprint density at radius 1 is 1.21 bits per heavy atom. The van der Waals surface area contributed by atoms with Gasteiger partial charge in [0.15, 0.2) is 0 Å². The molecule has 0 saturated carbocycles. The van der Waals surface area contributed by atoms with E-state index in [9.17, 15) is 10.1 Å². The molecule has 0 saturated heterocycles. The van der Waals surface area contributed by atoms with E-state index in [0.29, 0.717) is 16.9 Å². The summed E-state index contributed by atoms with van der Waals surface area (Å²) in [6.45, 7) is 1.72. The topological polar surface area (TPSA) is 76.2 Å². The molecule has 0 heterocycles. The van der Waals surface area contributed by atoms with E-state index in [1.54, 1.807) is 43.3 Å². The monoisotopic (exact) mass is 254 g/mol. The summed E-state index contributed by atoms with van der Waals surface area (Å²) in [5.74, 6) is 0.470. The van der Waals surface area contributed by atoms with E-state index in [1.165, 1.54) is 6.07 Å². The van der Waals surface area contributed by atoms with Crippen LogP contribution in [0.2, 0.25) is 0 Å². The van der Waals surface area contributed by atoms with Crippen LogP contribution in [-0.4, -0.2) is 4.92 Å². The maximum absolute atomic E-state index is 11.0. The van der Waals surface area contributed by atoms with Crippen LogP contribution in [0.3, 0.4) is 0 Å². The lowest BCUT2D eigenvalue weighted by Gasteiger charge is -2.09. The van der Waals surface area contributed by atoms with Gasteiger partial charge in [0.2, 0.25) is 5.75 Å². The maximum Gasteiger partial charge on any atom is 0.311 e. The van der Waals surface area contributed by atoms with Crippen LogP contribution in [0.15, 0.2) is 42.5 Å². The number of para-hydroxylation sites is 2. The van der Waals surface area contributed by atoms with Gasteiger partial charge in [0.05, 0.1) is 10.5 Å². The molecule has 0 atom stereocenters. The second-order valence-corrected chi connectivity index (χ2v) is 3.89. The number of aryl methyl sites for hydroxylation is 1. The third kappa shape index (κ3) is 2.53. The van der Waals surface area contributed by atoms with Crippen LogP contribution >= 0.6 is 0 Å². The van der Waals surface area contributed by atoms with E-state index < -0.39 is 4.92 Å². The zero-order valence-electron chi connectivity index (χ0n) is 10.2. The fourth-order valence-corrected chi connectivity index (χ4v) is 1.67. The number of nitro benzene ring substituents is 1. The Morgan fingerprint density at radius 2 is 1.95 bits per heavy atom. The van der Waals surface area contributed by atoms with Crippen molar-refractivity contribution in [3.63, 3.8) is 0 Å². The minimum atomic E-state index is -0.503. The Balaban J connectivity index is 2.50. The van der Waals surface area contributed by atoms with Crippen molar-refractivity contribution in [1.29, 1.82) is 5.26 Å². The van der Waals surface area contributed by atoms with Gasteiger partial charge in [0.25, 0.3) is 0 Å². The number of nitriles is 1. The fourth-order valence-electron chi connectivity index (χ4n) is 1.67. The minimum Gasteiger partial charge on any atom is -0.448 e. The molecule has 0 N–H and O–H groups in total. The zero-order chi connectivity index (χ0) is 13.8. The number of hydrogen-bond donors (Lipinski definition) is 0. The largest absolute Gasteiger partial charge is 0.448 e. The molecule has 0 spiro atoms. The lowest BCUT2D eigenvalue weighted by Crippen LogP contribution is -1.96. The molecule has 5 nitrogen and oxygen atoms in total. The molecule has 0 aromatic heterocycles. The zero-order valence-corrected chi connectivity index (χ0v) is 10.2. The third-order valence-corrected chi connectivity index (χ3v) is 2.61. The smallest absolute Gasteiger partial charge is 0.311 e. The molecule has 0 bridgehead atoms. The van der Waals surface area contributed by atoms with E-state index >= 15 is 0 Å². The number of nitrogens with zero attached hydrogens (tertiary/aromatic N) is 2. The lowest BCUT2D eigenvalue weighted by molar-refractivity contribution is -0.385. The first-order valence-electron chi connectivity index (χ1n) is 5.54. The number of ether oxygens (including phenoxy) is 1. The third-order valence-electron chi connectivity index (χ3n) is 2.61. The van der Waals surface area contributed by atoms with E-state index in [2.05, 4.69) is 0 Å². The lowest BCUT2D eigenvalue weighted by atomic mass is 10.2. The second-order valence-electron chi connectivity index (χ2n) is 3.89. The molecule has 2 rings (SSSR count). The summed E-state index contributed by atoms with van der Waals surface area (Å²) < 4.78 is 5.56. The van der Waals surface area contributed by atoms with Crippen molar-refractivity contribution in [2.45, 2.75) is 6.92 Å². The molecule has 0 unspecified atom stereocenters. The molecular weight excluding hydrogens is 244 g/mol. The first-order valence-corrected chi connectivity index (χ1v) is 5.54. The van der Waals surface area contributed by atoms with Crippen LogP contribution in [-0.2, 0) is 0 Å². The van der Waals surface area contributed by atoms with Gasteiger partial charge < -0.3 is 4.74 Å². The predicted molar refractivity (Wildman–Crippen MR) is 69.1 cm³/mol. The van der Waals surface area contributed by atoms with Gasteiger partial charge in [-0.15, -0.1) is 0 Å². The van der Waals surface area contributed by atoms with Crippen molar-refractivity contribution in [2.75, 3.05) is 0 Å². The van der Waals surface area contributed by atoms with Crippen LogP contribution < -0.4 is 4.74 Å². The van der Waals surface area contributed by atoms with Gasteiger partial charge in [-0.05, 0) is 24.6 Å². The Morgan fingerprint density at radius 3 is 2.63 bits per heavy atom. The first-order chi connectivity index (χ1) is 9.13. The minimum absolute atomic E-state index is 0.118. The summed E-state index contributed by atoms with van der Waals surface area (Å²) in [6.07, 6.45) is 0. The fraction of sp³-hybridized carbons (Fsp3) is 0.0714. The Hall–Kier alpha value is -2.87. The summed E-state index contributed by atoms with van der Waals surface area (Å²) >= 11 is 0. The average molecular weight is 254 g/mol. The van der Waals surface area contributed by atoms with Gasteiger partial charge >= 0.3 is 5.69 Å². The number of benzene rings is 2. The summed E-state index contributed by atoms with van der Waals surface area (Å²) in [6, 6.07) is 13.3. The van der Waals surface area contributed by atoms with Crippen LogP contribution in [0.25, 0.3) is 0 Å². The highest BCUT2D eigenvalue weighted by Gasteiger charge is 2.18. The summed E-state index contributed by atoms with van der Waals surface area (Å²) in [7, 11) is 0. The van der Waals surface area contributed by atoms with Crippen LogP contribution in [0, 0.1) is 28.4 Å². The highest BCUT2D eigenvalue weighted by Crippen LogP contribution is 2.35. The molecule has 0 radical (unpaired) electrons. The molecular formula is C14H10N2O3. The Bertz CT molecular complexity index is 675. The van der Waals surface area contributed by atoms with Crippen LogP contribution in [0.4, 0.5) is 5.69 Å². The standard InChI is InChI=1S/C14H10N2O3/c1-10-5-4-7-12(16(17)18)14(10)19-13-8-3-2-6-11(13)9-15/h2-8H,1H3. The van der Waals surface area contributed by atoms with Crippen LogP contribution in [0.5, 0.6) is 11.5 Å². The average Bonchev–Trinajstić information content (AvgIpc) is 2.41. The van der Waals surface area contributed by atoms with Crippen molar-refractivity contribution < 1.29 is 9.66 Å². The molecule has 5 heteroatoms. The molecule has 2 aromatic rings. The van der Waals surface area contributed by atoms with Gasteiger partial charge in [-0.1, -0.05) is 24.3 Å². The molecule has 0 aliphatic rings. The van der Waals surface area contributed by atoms with Gasteiger partial charge in [-0.3, -0.25) is 10.1 Å². The van der Waals surface area contributed by atoms with Crippen molar-refractivity contribution in [3.8, 4) is 17.6 Å². The van der Waals surface area contributed by atoms with Gasteiger partial charge in [-0.2, -0.15) is 5.26 Å². The van der Waals surface area contributed by atoms with E-state index in [1.807, 2.05) is 6.07 Å². The first kappa shape index (κ1) is 12.6. The van der Waals surface area contributed by atoms with Gasteiger partial charge in [0.1, 0.15) is 11.8 Å². The second kappa shape index (κ2) is 5.19. The Labute approximate surface area is 109 Å². The number of hydrogen-bond acceptors (Lipinski definition) is 4. The highest BCUT2D eigenvalue weighted by atomic mass is 16.6. The molecule has 0 fully saturated rings. The SMILES string of the molecule is Cc1cccc([N+](=O)[O-])c1Oc1ccccc1C#N. The van der Waals surface area contributed by atoms with E-state index in [-0.39, 0.29) is 11.4 Å². The van der Waals surface area contributed by atoms with Crippen molar-refractivity contribution in [3.05, 3.63) is 63.7 Å². The molecule has 0 aliphatic heterocycles. The molecule has 2 aromatic carbocycles. The summed E-state index contributed by atoms with van der Waals surface area (Å²) in [4.78, 5) is 10.5. The van der Waals surface area contributed by atoms with Crippen molar-refractivity contribution in [1.82, 2.24) is 0 Å². The maximum atomic E-state index is 11.0. The summed E-state index contributed by atoms with van der Waals surface area (Å²) in [5, 5.41) is 20.0.